The van der Waals surface area contributed by atoms with E-state index in [1.807, 2.05) is 43.3 Å². The maximum atomic E-state index is 13.8. The molecule has 10 heteroatoms. The third-order valence-electron chi connectivity index (χ3n) is 6.62. The van der Waals surface area contributed by atoms with Gasteiger partial charge in [0.2, 0.25) is 11.8 Å². The first kappa shape index (κ1) is 26.6. The van der Waals surface area contributed by atoms with Gasteiger partial charge in [-0.3, -0.25) is 4.79 Å². The Hall–Kier alpha value is -4.99. The zero-order valence-electron chi connectivity index (χ0n) is 22.0. The largest absolute Gasteiger partial charge is 0.480 e. The number of amides is 1. The van der Waals surface area contributed by atoms with Crippen LogP contribution in [0.5, 0.6) is 0 Å². The molecule has 1 unspecified atom stereocenters. The van der Waals surface area contributed by atoms with Gasteiger partial charge in [-0.15, -0.1) is 0 Å². The van der Waals surface area contributed by atoms with Crippen molar-refractivity contribution in [1.82, 2.24) is 20.3 Å². The minimum atomic E-state index is -1.16. The second kappa shape index (κ2) is 11.4. The summed E-state index contributed by atoms with van der Waals surface area (Å²) in [6, 6.07) is 16.3. The van der Waals surface area contributed by atoms with E-state index in [9.17, 15) is 19.1 Å². The van der Waals surface area contributed by atoms with E-state index >= 15 is 0 Å². The number of carboxylic acid groups (broad SMARTS) is 1. The van der Waals surface area contributed by atoms with Crippen molar-refractivity contribution >= 4 is 28.9 Å². The molecule has 204 valence electrons. The molecule has 9 nitrogen and oxygen atoms in total. The van der Waals surface area contributed by atoms with E-state index in [-0.39, 0.29) is 6.42 Å². The molecule has 0 aliphatic rings. The molecule has 0 aliphatic heterocycles. The van der Waals surface area contributed by atoms with Crippen LogP contribution >= 0.6 is 0 Å². The number of imidazole rings is 1. The lowest BCUT2D eigenvalue weighted by Crippen LogP contribution is -2.42. The van der Waals surface area contributed by atoms with Crippen molar-refractivity contribution in [2.75, 3.05) is 5.32 Å². The molecule has 4 N–H and O–H groups in total. The third kappa shape index (κ3) is 5.85. The average molecular weight is 542 g/mol. The molecule has 0 bridgehead atoms. The Bertz CT molecular complexity index is 1640. The summed E-state index contributed by atoms with van der Waals surface area (Å²) < 4.78 is 19.7. The molecule has 5 rings (SSSR count). The van der Waals surface area contributed by atoms with Gasteiger partial charge in [0, 0.05) is 17.5 Å². The fourth-order valence-corrected chi connectivity index (χ4v) is 4.61. The number of aliphatic carboxylic acids is 1. The minimum absolute atomic E-state index is 0.0755. The van der Waals surface area contributed by atoms with Crippen molar-refractivity contribution in [2.24, 2.45) is 0 Å². The van der Waals surface area contributed by atoms with Gasteiger partial charge in [-0.1, -0.05) is 43.3 Å². The molecule has 0 spiro atoms. The number of aromatic amines is 1. The standard InChI is InChI=1S/C30H28FN5O4/c1-3-19-14-21(31)12-17(2)27(19)28(37)34-24(29(38)39)13-18-8-10-20(11-9-18)25-15-32-26(40-25)16-33-30-35-22-6-4-5-7-23(22)36-30/h4-12,14-15,24H,3,13,16H2,1-2H3,(H,34,37)(H,38,39)(H2,33,35,36). The van der Waals surface area contributed by atoms with E-state index in [1.54, 1.807) is 25.3 Å². The summed E-state index contributed by atoms with van der Waals surface area (Å²) in [4.78, 5) is 36.9. The van der Waals surface area contributed by atoms with Crippen LogP contribution in [0.2, 0.25) is 0 Å². The first-order valence-electron chi connectivity index (χ1n) is 12.9. The van der Waals surface area contributed by atoms with Gasteiger partial charge in [0.05, 0.1) is 23.8 Å². The highest BCUT2D eigenvalue weighted by molar-refractivity contribution is 5.99. The molecule has 0 fully saturated rings. The number of oxazole rings is 1. The summed E-state index contributed by atoms with van der Waals surface area (Å²) >= 11 is 0. The van der Waals surface area contributed by atoms with E-state index in [0.717, 1.165) is 16.6 Å². The Kier molecular flexibility index (Phi) is 7.59. The molecule has 0 aliphatic carbocycles. The summed E-state index contributed by atoms with van der Waals surface area (Å²) in [5, 5.41) is 15.5. The number of nitrogens with one attached hydrogen (secondary N) is 3. The Balaban J connectivity index is 1.22. The lowest BCUT2D eigenvalue weighted by Gasteiger charge is -2.17. The summed E-state index contributed by atoms with van der Waals surface area (Å²) in [7, 11) is 0. The minimum Gasteiger partial charge on any atom is -0.480 e. The van der Waals surface area contributed by atoms with Crippen molar-refractivity contribution in [3.8, 4) is 11.3 Å². The molecular formula is C30H28FN5O4. The molecule has 2 heterocycles. The Morgan fingerprint density at radius 1 is 1.12 bits per heavy atom. The number of carbonyl (C=O) groups excluding carboxylic acids is 1. The third-order valence-corrected chi connectivity index (χ3v) is 6.62. The summed E-state index contributed by atoms with van der Waals surface area (Å²) in [5.41, 5.74) is 4.58. The fraction of sp³-hybridized carbons (Fsp3) is 0.200. The Morgan fingerprint density at radius 3 is 2.62 bits per heavy atom. The maximum Gasteiger partial charge on any atom is 0.326 e. The number of halogens is 1. The molecular weight excluding hydrogens is 513 g/mol. The molecule has 0 saturated heterocycles. The number of rotatable bonds is 10. The van der Waals surface area contributed by atoms with Crippen molar-refractivity contribution in [1.29, 1.82) is 0 Å². The Labute approximate surface area is 229 Å². The molecule has 0 radical (unpaired) electrons. The van der Waals surface area contributed by atoms with E-state index in [1.165, 1.54) is 12.1 Å². The van der Waals surface area contributed by atoms with Crippen LogP contribution in [0.3, 0.4) is 0 Å². The number of fused-ring (bicyclic) bond motifs is 1. The van der Waals surface area contributed by atoms with Gasteiger partial charge >= 0.3 is 5.97 Å². The van der Waals surface area contributed by atoms with Gasteiger partial charge in [0.25, 0.3) is 5.91 Å². The number of benzene rings is 3. The van der Waals surface area contributed by atoms with Crippen LogP contribution in [0.4, 0.5) is 10.3 Å². The molecule has 1 atom stereocenters. The van der Waals surface area contributed by atoms with E-state index in [0.29, 0.717) is 52.8 Å². The number of hydrogen-bond donors (Lipinski definition) is 4. The van der Waals surface area contributed by atoms with Gasteiger partial charge in [0.15, 0.2) is 5.76 Å². The summed E-state index contributed by atoms with van der Waals surface area (Å²) in [6.45, 7) is 3.79. The van der Waals surface area contributed by atoms with Crippen molar-refractivity contribution in [2.45, 2.75) is 39.3 Å². The number of hydrogen-bond acceptors (Lipinski definition) is 6. The predicted octanol–water partition coefficient (Wildman–Crippen LogP) is 5.27. The second-order valence-corrected chi connectivity index (χ2v) is 9.45. The van der Waals surface area contributed by atoms with Gasteiger partial charge in [-0.25, -0.2) is 19.2 Å². The van der Waals surface area contributed by atoms with Crippen LogP contribution in [0, 0.1) is 12.7 Å². The smallest absolute Gasteiger partial charge is 0.326 e. The molecule has 2 aromatic heterocycles. The lowest BCUT2D eigenvalue weighted by molar-refractivity contribution is -0.139. The molecule has 0 saturated carbocycles. The molecule has 40 heavy (non-hydrogen) atoms. The van der Waals surface area contributed by atoms with Crippen LogP contribution in [-0.4, -0.2) is 38.0 Å². The number of nitrogens with zero attached hydrogens (tertiary/aromatic N) is 2. The highest BCUT2D eigenvalue weighted by Crippen LogP contribution is 2.23. The first-order valence-corrected chi connectivity index (χ1v) is 12.9. The number of H-pyrrole nitrogens is 1. The number of anilines is 1. The van der Waals surface area contributed by atoms with Gasteiger partial charge in [-0.05, 0) is 54.3 Å². The zero-order valence-corrected chi connectivity index (χ0v) is 22.0. The maximum absolute atomic E-state index is 13.8. The number of carbonyl (C=O) groups is 2. The van der Waals surface area contributed by atoms with Crippen molar-refractivity contribution < 1.29 is 23.5 Å². The van der Waals surface area contributed by atoms with Crippen LogP contribution < -0.4 is 10.6 Å². The van der Waals surface area contributed by atoms with E-state index in [4.69, 9.17) is 4.42 Å². The van der Waals surface area contributed by atoms with Gasteiger partial charge < -0.3 is 25.1 Å². The van der Waals surface area contributed by atoms with Crippen LogP contribution in [0.25, 0.3) is 22.4 Å². The molecule has 5 aromatic rings. The normalized spacial score (nSPS) is 11.9. The Morgan fingerprint density at radius 2 is 1.90 bits per heavy atom. The summed E-state index contributed by atoms with van der Waals surface area (Å²) in [5.74, 6) is -0.463. The second-order valence-electron chi connectivity index (χ2n) is 9.45. The van der Waals surface area contributed by atoms with Crippen LogP contribution in [0.15, 0.2) is 71.3 Å². The summed E-state index contributed by atoms with van der Waals surface area (Å²) in [6.07, 6.45) is 2.15. The highest BCUT2D eigenvalue weighted by atomic mass is 19.1. The van der Waals surface area contributed by atoms with Crippen LogP contribution in [-0.2, 0) is 24.2 Å². The molecule has 3 aromatic carbocycles. The number of aryl methyl sites for hydroxylation is 2. The highest BCUT2D eigenvalue weighted by Gasteiger charge is 2.24. The van der Waals surface area contributed by atoms with Crippen LogP contribution in [0.1, 0.15) is 39.9 Å². The topological polar surface area (TPSA) is 133 Å². The SMILES string of the molecule is CCc1cc(F)cc(C)c1C(=O)NC(Cc1ccc(-c2cnc(CNc3nc4ccccc4[nH]3)o2)cc1)C(=O)O. The monoisotopic (exact) mass is 541 g/mol. The van der Waals surface area contributed by atoms with Crippen molar-refractivity contribution in [3.63, 3.8) is 0 Å². The zero-order chi connectivity index (χ0) is 28.2. The quantitative estimate of drug-likeness (QED) is 0.189. The fourth-order valence-electron chi connectivity index (χ4n) is 4.61. The average Bonchev–Trinajstić information content (AvgIpc) is 3.58. The predicted molar refractivity (Wildman–Crippen MR) is 148 cm³/mol. The first-order chi connectivity index (χ1) is 19.3. The van der Waals surface area contributed by atoms with Gasteiger partial charge in [0.1, 0.15) is 11.9 Å². The lowest BCUT2D eigenvalue weighted by atomic mass is 9.98. The molecule has 1 amide bonds. The number of aromatic nitrogens is 3. The van der Waals surface area contributed by atoms with E-state index < -0.39 is 23.7 Å². The van der Waals surface area contributed by atoms with Crippen molar-refractivity contribution in [3.05, 3.63) is 101 Å². The van der Waals surface area contributed by atoms with Gasteiger partial charge in [-0.2, -0.15) is 0 Å². The number of carboxylic acids is 1. The number of para-hydroxylation sites is 2. The van der Waals surface area contributed by atoms with E-state index in [2.05, 4.69) is 25.6 Å².